The van der Waals surface area contributed by atoms with Gasteiger partial charge in [0.15, 0.2) is 6.29 Å². The molecule has 9 nitrogen and oxygen atoms in total. The molecule has 1 amide bonds. The third-order valence-electron chi connectivity index (χ3n) is 9.68. The molecule has 0 aromatic heterocycles. The molecule has 0 aromatic carbocycles. The van der Waals surface area contributed by atoms with E-state index < -0.39 is 49.5 Å². The molecule has 1 aliphatic rings. The van der Waals surface area contributed by atoms with E-state index in [2.05, 4.69) is 92.1 Å². The zero-order valence-corrected chi connectivity index (χ0v) is 34.8. The van der Waals surface area contributed by atoms with E-state index in [1.54, 1.807) is 6.08 Å². The quantitative estimate of drug-likeness (QED) is 0.0280. The Morgan fingerprint density at radius 1 is 0.625 bits per heavy atom. The Balaban J connectivity index is 2.46. The Bertz CT molecular complexity index is 1140. The molecule has 56 heavy (non-hydrogen) atoms. The van der Waals surface area contributed by atoms with E-state index in [1.807, 2.05) is 6.08 Å². The third kappa shape index (κ3) is 27.1. The second kappa shape index (κ2) is 36.7. The Morgan fingerprint density at radius 2 is 1.12 bits per heavy atom. The molecule has 7 unspecified atom stereocenters. The van der Waals surface area contributed by atoms with Gasteiger partial charge in [-0.3, -0.25) is 4.79 Å². The van der Waals surface area contributed by atoms with Crippen LogP contribution in [0.5, 0.6) is 0 Å². The molecule has 6 N–H and O–H groups in total. The highest BCUT2D eigenvalue weighted by Gasteiger charge is 2.44. The van der Waals surface area contributed by atoms with Crippen molar-refractivity contribution in [3.8, 4) is 0 Å². The topological polar surface area (TPSA) is 149 Å². The molecule has 0 radical (unpaired) electrons. The zero-order valence-electron chi connectivity index (χ0n) is 34.8. The highest BCUT2D eigenvalue weighted by Crippen LogP contribution is 2.22. The first kappa shape index (κ1) is 51.4. The van der Waals surface area contributed by atoms with Gasteiger partial charge in [-0.05, 0) is 83.5 Å². The second-order valence-corrected chi connectivity index (χ2v) is 14.7. The Labute approximate surface area is 340 Å². The molecular weight excluding hydrogens is 707 g/mol. The molecule has 0 saturated carbocycles. The molecular formula is C47H79NO8. The number of carbonyl (C=O) groups excluding carboxylic acids is 1. The van der Waals surface area contributed by atoms with Crippen LogP contribution in [-0.4, -0.2) is 87.5 Å². The molecule has 0 aromatic rings. The fourth-order valence-corrected chi connectivity index (χ4v) is 6.18. The van der Waals surface area contributed by atoms with Crippen molar-refractivity contribution in [1.29, 1.82) is 0 Å². The number of aliphatic hydroxyl groups excluding tert-OH is 5. The summed E-state index contributed by atoms with van der Waals surface area (Å²) in [6.45, 7) is 3.58. The first-order valence-corrected chi connectivity index (χ1v) is 21.8. The molecule has 7 atom stereocenters. The molecule has 1 rings (SSSR count). The summed E-state index contributed by atoms with van der Waals surface area (Å²) in [6.07, 6.45) is 43.3. The molecule has 1 aliphatic heterocycles. The number of carbonyl (C=O) groups is 1. The molecule has 0 spiro atoms. The maximum atomic E-state index is 12.9. The fourth-order valence-electron chi connectivity index (χ4n) is 6.18. The monoisotopic (exact) mass is 786 g/mol. The summed E-state index contributed by atoms with van der Waals surface area (Å²) in [4.78, 5) is 12.9. The lowest BCUT2D eigenvalue weighted by atomic mass is 9.99. The average molecular weight is 786 g/mol. The van der Waals surface area contributed by atoms with Gasteiger partial charge in [0.2, 0.25) is 5.91 Å². The van der Waals surface area contributed by atoms with Crippen molar-refractivity contribution in [2.75, 3.05) is 13.2 Å². The number of unbranched alkanes of at least 4 members (excludes halogenated alkanes) is 12. The van der Waals surface area contributed by atoms with Gasteiger partial charge >= 0.3 is 0 Å². The van der Waals surface area contributed by atoms with E-state index in [9.17, 15) is 30.3 Å². The summed E-state index contributed by atoms with van der Waals surface area (Å²) < 4.78 is 11.2. The number of ether oxygens (including phenoxy) is 2. The lowest BCUT2D eigenvalue weighted by Gasteiger charge is -2.40. The first-order chi connectivity index (χ1) is 27.3. The van der Waals surface area contributed by atoms with Crippen molar-refractivity contribution in [2.24, 2.45) is 0 Å². The molecule has 0 aliphatic carbocycles. The Morgan fingerprint density at radius 3 is 1.71 bits per heavy atom. The minimum Gasteiger partial charge on any atom is -0.394 e. The summed E-state index contributed by atoms with van der Waals surface area (Å²) in [6, 6.07) is -0.844. The number of rotatable bonds is 34. The zero-order chi connectivity index (χ0) is 40.9. The summed E-state index contributed by atoms with van der Waals surface area (Å²) >= 11 is 0. The van der Waals surface area contributed by atoms with Crippen LogP contribution >= 0.6 is 0 Å². The van der Waals surface area contributed by atoms with Gasteiger partial charge in [-0.1, -0.05) is 144 Å². The standard InChI is InChI=1S/C47H79NO8/c1-3-5-7-9-11-13-15-17-19-21-23-25-27-29-31-33-35-37-43(51)48-40(39-55-47-46(54)45(53)44(52)42(38-49)56-47)41(50)36-34-32-30-28-26-24-22-20-18-16-14-12-10-8-6-4-2/h5,7,11,13,17-20,23,25-26,28,34,36,40-42,44-47,49-50,52-54H,3-4,6,8-10,12,14-16,21-22,24,27,29-33,35,37-39H2,1-2H3,(H,48,51)/b7-5-,13-11-,19-17-,20-18+,25-23-,28-26+,36-34+. The van der Waals surface area contributed by atoms with Crippen molar-refractivity contribution in [3.63, 3.8) is 0 Å². The fraction of sp³-hybridized carbons (Fsp3) is 0.681. The molecule has 0 bridgehead atoms. The smallest absolute Gasteiger partial charge is 0.220 e. The summed E-state index contributed by atoms with van der Waals surface area (Å²) in [7, 11) is 0. The predicted octanol–water partition coefficient (Wildman–Crippen LogP) is 8.77. The number of hydrogen-bond donors (Lipinski definition) is 6. The van der Waals surface area contributed by atoms with Gasteiger partial charge in [0.25, 0.3) is 0 Å². The van der Waals surface area contributed by atoms with Gasteiger partial charge < -0.3 is 40.3 Å². The van der Waals surface area contributed by atoms with Gasteiger partial charge in [-0.25, -0.2) is 0 Å². The van der Waals surface area contributed by atoms with E-state index in [4.69, 9.17) is 9.47 Å². The third-order valence-corrected chi connectivity index (χ3v) is 9.68. The van der Waals surface area contributed by atoms with Gasteiger partial charge in [0.05, 0.1) is 25.4 Å². The molecule has 1 saturated heterocycles. The number of hydrogen-bond acceptors (Lipinski definition) is 8. The van der Waals surface area contributed by atoms with Crippen LogP contribution in [0.4, 0.5) is 0 Å². The van der Waals surface area contributed by atoms with Gasteiger partial charge in [-0.2, -0.15) is 0 Å². The van der Waals surface area contributed by atoms with Crippen LogP contribution in [0.25, 0.3) is 0 Å². The SMILES string of the molecule is CC/C=C\C/C=C\C/C=C\C/C=C\CCCCCCC(=O)NC(COC1OC(CO)C(O)C(O)C1O)C(O)/C=C/CC/C=C/CC/C=C/CCCCCCCC. The number of nitrogens with one attached hydrogen (secondary N) is 1. The molecule has 9 heteroatoms. The Hall–Kier alpha value is -2.63. The van der Waals surface area contributed by atoms with E-state index in [1.165, 1.54) is 38.5 Å². The minimum atomic E-state index is -1.58. The summed E-state index contributed by atoms with van der Waals surface area (Å²) in [5.74, 6) is -0.220. The lowest BCUT2D eigenvalue weighted by Crippen LogP contribution is -2.60. The van der Waals surface area contributed by atoms with Crippen molar-refractivity contribution < 1.29 is 39.8 Å². The van der Waals surface area contributed by atoms with Crippen molar-refractivity contribution in [1.82, 2.24) is 5.32 Å². The second-order valence-electron chi connectivity index (χ2n) is 14.7. The Kier molecular flexibility index (Phi) is 33.7. The van der Waals surface area contributed by atoms with E-state index in [0.717, 1.165) is 83.5 Å². The van der Waals surface area contributed by atoms with Crippen LogP contribution in [0.15, 0.2) is 85.1 Å². The normalized spacial score (nSPS) is 22.0. The van der Waals surface area contributed by atoms with Crippen LogP contribution in [0.1, 0.15) is 149 Å². The summed E-state index contributed by atoms with van der Waals surface area (Å²) in [5.41, 5.74) is 0. The van der Waals surface area contributed by atoms with E-state index in [-0.39, 0.29) is 12.5 Å². The first-order valence-electron chi connectivity index (χ1n) is 21.8. The van der Waals surface area contributed by atoms with Crippen LogP contribution in [0.2, 0.25) is 0 Å². The van der Waals surface area contributed by atoms with E-state index in [0.29, 0.717) is 12.8 Å². The predicted molar refractivity (Wildman–Crippen MR) is 230 cm³/mol. The number of amides is 1. The largest absolute Gasteiger partial charge is 0.394 e. The van der Waals surface area contributed by atoms with Crippen molar-refractivity contribution >= 4 is 5.91 Å². The maximum Gasteiger partial charge on any atom is 0.220 e. The van der Waals surface area contributed by atoms with Crippen LogP contribution in [0.3, 0.4) is 0 Å². The van der Waals surface area contributed by atoms with Crippen LogP contribution < -0.4 is 5.32 Å². The van der Waals surface area contributed by atoms with Crippen LogP contribution in [-0.2, 0) is 14.3 Å². The average Bonchev–Trinajstić information content (AvgIpc) is 3.20. The van der Waals surface area contributed by atoms with Crippen molar-refractivity contribution in [2.45, 2.75) is 192 Å². The maximum absolute atomic E-state index is 12.9. The van der Waals surface area contributed by atoms with Gasteiger partial charge in [-0.15, -0.1) is 0 Å². The summed E-state index contributed by atoms with van der Waals surface area (Å²) in [5, 5.41) is 54.1. The molecule has 320 valence electrons. The van der Waals surface area contributed by atoms with Crippen LogP contribution in [0, 0.1) is 0 Å². The minimum absolute atomic E-state index is 0.220. The number of allylic oxidation sites excluding steroid dienone is 13. The van der Waals surface area contributed by atoms with E-state index >= 15 is 0 Å². The van der Waals surface area contributed by atoms with Gasteiger partial charge in [0.1, 0.15) is 24.4 Å². The lowest BCUT2D eigenvalue weighted by molar-refractivity contribution is -0.302. The molecule has 1 heterocycles. The van der Waals surface area contributed by atoms with Crippen molar-refractivity contribution in [3.05, 3.63) is 85.1 Å². The number of aliphatic hydroxyl groups is 5. The van der Waals surface area contributed by atoms with Gasteiger partial charge in [0, 0.05) is 6.42 Å². The highest BCUT2D eigenvalue weighted by molar-refractivity contribution is 5.76. The highest BCUT2D eigenvalue weighted by atomic mass is 16.7. The molecule has 1 fully saturated rings.